The van der Waals surface area contributed by atoms with Gasteiger partial charge < -0.3 is 9.47 Å². The lowest BCUT2D eigenvalue weighted by Crippen LogP contribution is -2.09. The van der Waals surface area contributed by atoms with Gasteiger partial charge in [0, 0.05) is 21.1 Å². The van der Waals surface area contributed by atoms with E-state index in [4.69, 9.17) is 9.47 Å². The number of ether oxygens (including phenoxy) is 2. The molecule has 0 aliphatic rings. The molecule has 0 aliphatic heterocycles. The highest BCUT2D eigenvalue weighted by molar-refractivity contribution is 14.1. The molecule has 2 unspecified atom stereocenters. The molecule has 2 nitrogen and oxygen atoms in total. The van der Waals surface area contributed by atoms with Crippen LogP contribution in [0.1, 0.15) is 20.3 Å². The van der Waals surface area contributed by atoms with Crippen molar-refractivity contribution in [1.29, 1.82) is 0 Å². The Hall–Kier alpha value is 1.38. The van der Waals surface area contributed by atoms with Crippen molar-refractivity contribution in [1.82, 2.24) is 0 Å². The highest BCUT2D eigenvalue weighted by Gasteiger charge is 1.96. The first-order valence-corrected chi connectivity index (χ1v) is 7.05. The van der Waals surface area contributed by atoms with E-state index in [0.29, 0.717) is 7.85 Å². The monoisotopic (exact) mass is 412 g/mol. The zero-order chi connectivity index (χ0) is 10.1. The summed E-state index contributed by atoms with van der Waals surface area (Å²) in [4.78, 5) is 0. The highest BCUT2D eigenvalue weighted by atomic mass is 127. The third-order valence-electron chi connectivity index (χ3n) is 1.27. The van der Waals surface area contributed by atoms with Gasteiger partial charge in [-0.15, -0.1) is 0 Å². The van der Waals surface area contributed by atoms with Crippen LogP contribution in [0.5, 0.6) is 0 Å². The van der Waals surface area contributed by atoms with E-state index < -0.39 is 0 Å². The van der Waals surface area contributed by atoms with Crippen LogP contribution >= 0.6 is 45.2 Å². The molecule has 0 aromatic rings. The second-order valence-corrected chi connectivity index (χ2v) is 7.32. The van der Waals surface area contributed by atoms with Crippen molar-refractivity contribution in [3.05, 3.63) is 0 Å². The number of halogens is 2. The smallest absolute Gasteiger partial charge is 0.0581 e. The maximum atomic E-state index is 5.41. The van der Waals surface area contributed by atoms with E-state index in [2.05, 4.69) is 59.0 Å². The second-order valence-electron chi connectivity index (χ2n) is 3.06. The topological polar surface area (TPSA) is 18.5 Å². The lowest BCUT2D eigenvalue weighted by atomic mass is 10.4. The van der Waals surface area contributed by atoms with Crippen LogP contribution in [0.25, 0.3) is 0 Å². The lowest BCUT2D eigenvalue weighted by molar-refractivity contribution is 0.0878. The van der Waals surface area contributed by atoms with Gasteiger partial charge in [-0.3, -0.25) is 0 Å². The van der Waals surface area contributed by atoms with Crippen molar-refractivity contribution in [3.8, 4) is 0 Å². The van der Waals surface area contributed by atoms with E-state index in [-0.39, 0.29) is 0 Å². The zero-order valence-corrected chi connectivity index (χ0v) is 12.6. The summed E-state index contributed by atoms with van der Waals surface area (Å²) in [5.41, 5.74) is 0. The Balaban J connectivity index is 2.92. The molecular formula is C9H18I2O2. The minimum absolute atomic E-state index is 0.605. The summed E-state index contributed by atoms with van der Waals surface area (Å²) in [5, 5.41) is 0. The first kappa shape index (κ1) is 14.4. The van der Waals surface area contributed by atoms with Gasteiger partial charge in [0.25, 0.3) is 0 Å². The fraction of sp³-hybridized carbons (Fsp3) is 1.00. The van der Waals surface area contributed by atoms with Crippen molar-refractivity contribution in [2.24, 2.45) is 0 Å². The summed E-state index contributed by atoms with van der Waals surface area (Å²) in [6, 6.07) is 0. The molecule has 13 heavy (non-hydrogen) atoms. The van der Waals surface area contributed by atoms with Gasteiger partial charge in [0.15, 0.2) is 0 Å². The van der Waals surface area contributed by atoms with Crippen LogP contribution in [0.3, 0.4) is 0 Å². The molecule has 0 N–H and O–H groups in total. The molecule has 0 aromatic carbocycles. The second kappa shape index (κ2) is 9.92. The van der Waals surface area contributed by atoms with E-state index in [1.54, 1.807) is 0 Å². The Bertz CT molecular complexity index is 95.8. The molecular weight excluding hydrogens is 394 g/mol. The molecule has 0 aliphatic carbocycles. The molecule has 0 saturated heterocycles. The quantitative estimate of drug-likeness (QED) is 0.347. The van der Waals surface area contributed by atoms with Crippen molar-refractivity contribution in [2.75, 3.05) is 26.4 Å². The van der Waals surface area contributed by atoms with Crippen LogP contribution in [0.4, 0.5) is 0 Å². The van der Waals surface area contributed by atoms with Gasteiger partial charge in [-0.2, -0.15) is 0 Å². The lowest BCUT2D eigenvalue weighted by Gasteiger charge is -2.07. The zero-order valence-electron chi connectivity index (χ0n) is 8.26. The molecule has 0 heterocycles. The molecule has 0 amide bonds. The van der Waals surface area contributed by atoms with Crippen molar-refractivity contribution >= 4 is 45.2 Å². The van der Waals surface area contributed by atoms with Crippen LogP contribution in [0.15, 0.2) is 0 Å². The van der Waals surface area contributed by atoms with Gasteiger partial charge in [-0.25, -0.2) is 0 Å². The number of alkyl halides is 2. The van der Waals surface area contributed by atoms with Gasteiger partial charge in [0.05, 0.1) is 13.2 Å². The SMILES string of the molecule is CC(I)COCCCOCC(C)I. The van der Waals surface area contributed by atoms with Crippen molar-refractivity contribution in [3.63, 3.8) is 0 Å². The number of rotatable bonds is 8. The molecule has 0 rings (SSSR count). The van der Waals surface area contributed by atoms with Gasteiger partial charge in [-0.1, -0.05) is 59.0 Å². The first-order valence-electron chi connectivity index (χ1n) is 4.56. The summed E-state index contributed by atoms with van der Waals surface area (Å²) in [5.74, 6) is 0. The maximum absolute atomic E-state index is 5.41. The highest BCUT2D eigenvalue weighted by Crippen LogP contribution is 2.00. The van der Waals surface area contributed by atoms with Crippen molar-refractivity contribution in [2.45, 2.75) is 28.1 Å². The summed E-state index contributed by atoms with van der Waals surface area (Å²) in [6.07, 6.45) is 1.01. The third-order valence-corrected chi connectivity index (χ3v) is 1.99. The fourth-order valence-corrected chi connectivity index (χ4v) is 1.26. The molecule has 0 spiro atoms. The normalized spacial score (nSPS) is 15.7. The van der Waals surface area contributed by atoms with Gasteiger partial charge >= 0.3 is 0 Å². The summed E-state index contributed by atoms with van der Waals surface area (Å²) in [6.45, 7) is 7.64. The third kappa shape index (κ3) is 13.4. The molecule has 0 saturated carbocycles. The number of hydrogen-bond acceptors (Lipinski definition) is 2. The van der Waals surface area contributed by atoms with E-state index in [0.717, 1.165) is 32.8 Å². The standard InChI is InChI=1S/C9H18I2O2/c1-8(10)6-12-4-3-5-13-7-9(2)11/h8-9H,3-7H2,1-2H3. The average Bonchev–Trinajstić information content (AvgIpc) is 2.01. The number of hydrogen-bond donors (Lipinski definition) is 0. The minimum atomic E-state index is 0.605. The summed E-state index contributed by atoms with van der Waals surface area (Å²) >= 11 is 4.72. The maximum Gasteiger partial charge on any atom is 0.0581 e. The summed E-state index contributed by atoms with van der Waals surface area (Å²) in [7, 11) is 0. The molecule has 4 heteroatoms. The van der Waals surface area contributed by atoms with Crippen LogP contribution < -0.4 is 0 Å². The predicted octanol–water partition coefficient (Wildman–Crippen LogP) is 3.06. The molecule has 80 valence electrons. The van der Waals surface area contributed by atoms with Crippen LogP contribution in [-0.2, 0) is 9.47 Å². The van der Waals surface area contributed by atoms with Gasteiger partial charge in [0.1, 0.15) is 0 Å². The first-order chi connectivity index (χ1) is 6.13. The Morgan fingerprint density at radius 1 is 0.923 bits per heavy atom. The fourth-order valence-electron chi connectivity index (χ4n) is 0.755. The Kier molecular flexibility index (Phi) is 11.0. The Morgan fingerprint density at radius 2 is 1.31 bits per heavy atom. The largest absolute Gasteiger partial charge is 0.380 e. The molecule has 0 fully saturated rings. The predicted molar refractivity (Wildman–Crippen MR) is 73.2 cm³/mol. The Morgan fingerprint density at radius 3 is 1.62 bits per heavy atom. The molecule has 0 aromatic heterocycles. The molecule has 0 bridgehead atoms. The van der Waals surface area contributed by atoms with Gasteiger partial charge in [0.2, 0.25) is 0 Å². The van der Waals surface area contributed by atoms with E-state index in [1.807, 2.05) is 0 Å². The average molecular weight is 412 g/mol. The van der Waals surface area contributed by atoms with Gasteiger partial charge in [-0.05, 0) is 6.42 Å². The van der Waals surface area contributed by atoms with E-state index >= 15 is 0 Å². The van der Waals surface area contributed by atoms with E-state index in [1.165, 1.54) is 0 Å². The minimum Gasteiger partial charge on any atom is -0.380 e. The van der Waals surface area contributed by atoms with Crippen LogP contribution in [-0.4, -0.2) is 34.3 Å². The van der Waals surface area contributed by atoms with E-state index in [9.17, 15) is 0 Å². The Labute approximate surface area is 108 Å². The molecule has 2 atom stereocenters. The van der Waals surface area contributed by atoms with Crippen molar-refractivity contribution < 1.29 is 9.47 Å². The summed E-state index contributed by atoms with van der Waals surface area (Å²) < 4.78 is 12.0. The van der Waals surface area contributed by atoms with Crippen LogP contribution in [0.2, 0.25) is 0 Å². The van der Waals surface area contributed by atoms with Crippen LogP contribution in [0, 0.1) is 0 Å². The molecule has 0 radical (unpaired) electrons.